The number of para-hydroxylation sites is 1. The van der Waals surface area contributed by atoms with E-state index in [1.54, 1.807) is 7.11 Å². The van der Waals surface area contributed by atoms with Gasteiger partial charge in [-0.25, -0.2) is 0 Å². The summed E-state index contributed by atoms with van der Waals surface area (Å²) in [4.78, 5) is 12.3. The number of carbonyl (C=O) groups is 1. The quantitative estimate of drug-likeness (QED) is 0.703. The summed E-state index contributed by atoms with van der Waals surface area (Å²) in [6, 6.07) is 16.4. The molecular formula is C23H31ClN2O2. The molecule has 0 radical (unpaired) electrons. The zero-order chi connectivity index (χ0) is 19.1. The predicted octanol–water partition coefficient (Wildman–Crippen LogP) is 4.74. The second-order valence-electron chi connectivity index (χ2n) is 7.34. The Hall–Kier alpha value is -2.04. The topological polar surface area (TPSA) is 50.4 Å². The lowest BCUT2D eigenvalue weighted by atomic mass is 9.93. The van der Waals surface area contributed by atoms with Crippen molar-refractivity contribution in [2.45, 2.75) is 38.6 Å². The molecule has 0 spiro atoms. The van der Waals surface area contributed by atoms with Gasteiger partial charge in [0.1, 0.15) is 5.75 Å². The van der Waals surface area contributed by atoms with Gasteiger partial charge in [-0.1, -0.05) is 42.5 Å². The maximum atomic E-state index is 12.3. The van der Waals surface area contributed by atoms with Crippen LogP contribution in [0.2, 0.25) is 0 Å². The Bertz CT molecular complexity index is 743. The average molecular weight is 403 g/mol. The average Bonchev–Trinajstić information content (AvgIpc) is 2.73. The van der Waals surface area contributed by atoms with Crippen molar-refractivity contribution in [2.75, 3.05) is 20.2 Å². The number of rotatable bonds is 7. The number of nitrogens with one attached hydrogen (secondary N) is 2. The summed E-state index contributed by atoms with van der Waals surface area (Å²) in [5.74, 6) is 1.70. The summed E-state index contributed by atoms with van der Waals surface area (Å²) < 4.78 is 5.45. The summed E-state index contributed by atoms with van der Waals surface area (Å²) in [5.41, 5.74) is 3.30. The largest absolute Gasteiger partial charge is 0.496 e. The van der Waals surface area contributed by atoms with Crippen molar-refractivity contribution in [1.82, 2.24) is 10.6 Å². The van der Waals surface area contributed by atoms with E-state index in [0.717, 1.165) is 42.0 Å². The number of methoxy groups -OCH3 is 1. The number of hydrogen-bond acceptors (Lipinski definition) is 3. The fourth-order valence-corrected chi connectivity index (χ4v) is 3.74. The van der Waals surface area contributed by atoms with Gasteiger partial charge in [0, 0.05) is 12.0 Å². The van der Waals surface area contributed by atoms with Gasteiger partial charge in [-0.3, -0.25) is 4.79 Å². The van der Waals surface area contributed by atoms with E-state index in [1.165, 1.54) is 12.8 Å². The number of piperidine rings is 1. The third kappa shape index (κ3) is 5.98. The van der Waals surface area contributed by atoms with E-state index < -0.39 is 0 Å². The fourth-order valence-electron chi connectivity index (χ4n) is 3.74. The van der Waals surface area contributed by atoms with Crippen LogP contribution in [0.15, 0.2) is 48.5 Å². The van der Waals surface area contributed by atoms with Crippen molar-refractivity contribution in [2.24, 2.45) is 5.92 Å². The minimum absolute atomic E-state index is 0. The molecule has 2 aromatic rings. The lowest BCUT2D eigenvalue weighted by molar-refractivity contribution is -0.122. The van der Waals surface area contributed by atoms with Gasteiger partial charge < -0.3 is 15.4 Å². The maximum Gasteiger partial charge on any atom is 0.220 e. The Morgan fingerprint density at radius 1 is 1.14 bits per heavy atom. The number of benzene rings is 2. The maximum absolute atomic E-state index is 12.3. The van der Waals surface area contributed by atoms with Crippen LogP contribution in [0, 0.1) is 5.92 Å². The van der Waals surface area contributed by atoms with Crippen LogP contribution in [0.5, 0.6) is 5.75 Å². The van der Waals surface area contributed by atoms with E-state index in [2.05, 4.69) is 41.0 Å². The molecule has 0 aliphatic carbocycles. The lowest BCUT2D eigenvalue weighted by Gasteiger charge is -2.22. The summed E-state index contributed by atoms with van der Waals surface area (Å²) in [6.07, 6.45) is 3.99. The summed E-state index contributed by atoms with van der Waals surface area (Å²) in [7, 11) is 1.69. The molecule has 1 aliphatic rings. The zero-order valence-electron chi connectivity index (χ0n) is 16.7. The summed E-state index contributed by atoms with van der Waals surface area (Å²) in [6.45, 7) is 4.21. The molecule has 1 fully saturated rings. The van der Waals surface area contributed by atoms with Gasteiger partial charge in [0.05, 0.1) is 13.2 Å². The molecule has 152 valence electrons. The highest BCUT2D eigenvalue weighted by atomic mass is 35.5. The first-order valence-corrected chi connectivity index (χ1v) is 9.91. The molecule has 1 heterocycles. The highest BCUT2D eigenvalue weighted by Crippen LogP contribution is 2.30. The monoisotopic (exact) mass is 402 g/mol. The Morgan fingerprint density at radius 2 is 1.82 bits per heavy atom. The van der Waals surface area contributed by atoms with Crippen molar-refractivity contribution in [1.29, 1.82) is 0 Å². The third-order valence-corrected chi connectivity index (χ3v) is 5.44. The molecule has 2 N–H and O–H groups in total. The van der Waals surface area contributed by atoms with Gasteiger partial charge in [0.25, 0.3) is 0 Å². The Balaban J connectivity index is 0.00000280. The molecule has 4 nitrogen and oxygen atoms in total. The van der Waals surface area contributed by atoms with Crippen molar-refractivity contribution < 1.29 is 9.53 Å². The molecule has 2 aromatic carbocycles. The molecule has 28 heavy (non-hydrogen) atoms. The number of carbonyl (C=O) groups excluding carboxylic acids is 1. The minimum Gasteiger partial charge on any atom is -0.496 e. The van der Waals surface area contributed by atoms with E-state index in [9.17, 15) is 4.79 Å². The first kappa shape index (κ1) is 22.3. The van der Waals surface area contributed by atoms with E-state index in [-0.39, 0.29) is 24.4 Å². The smallest absolute Gasteiger partial charge is 0.220 e. The standard InChI is InChI=1S/C23H30N2O2.ClH/c1-17(25-23(26)12-7-18-13-15-24-16-14-18)19-8-10-20(11-9-19)21-5-3-4-6-22(21)27-2;/h3-6,8-11,17-18,24H,7,12-16H2,1-2H3,(H,25,26);1H. The van der Waals surface area contributed by atoms with Crippen molar-refractivity contribution in [3.05, 3.63) is 54.1 Å². The van der Waals surface area contributed by atoms with Crippen LogP contribution >= 0.6 is 12.4 Å². The lowest BCUT2D eigenvalue weighted by Crippen LogP contribution is -2.30. The van der Waals surface area contributed by atoms with Crippen LogP contribution in [0.3, 0.4) is 0 Å². The fraction of sp³-hybridized carbons (Fsp3) is 0.435. The van der Waals surface area contributed by atoms with Crippen LogP contribution in [0.4, 0.5) is 0 Å². The van der Waals surface area contributed by atoms with Gasteiger partial charge in [-0.15, -0.1) is 12.4 Å². The van der Waals surface area contributed by atoms with Crippen LogP contribution in [0.25, 0.3) is 11.1 Å². The summed E-state index contributed by atoms with van der Waals surface area (Å²) >= 11 is 0. The molecular weight excluding hydrogens is 372 g/mol. The normalized spacial score (nSPS) is 15.4. The highest BCUT2D eigenvalue weighted by Gasteiger charge is 2.16. The van der Waals surface area contributed by atoms with E-state index in [4.69, 9.17) is 4.74 Å². The number of amides is 1. The molecule has 0 aromatic heterocycles. The van der Waals surface area contributed by atoms with Gasteiger partial charge in [0.15, 0.2) is 0 Å². The molecule has 1 unspecified atom stereocenters. The van der Waals surface area contributed by atoms with Crippen molar-refractivity contribution in [3.63, 3.8) is 0 Å². The van der Waals surface area contributed by atoms with Crippen LogP contribution in [0.1, 0.15) is 44.2 Å². The molecule has 1 atom stereocenters. The molecule has 3 rings (SSSR count). The van der Waals surface area contributed by atoms with Crippen molar-refractivity contribution >= 4 is 18.3 Å². The van der Waals surface area contributed by atoms with Gasteiger partial charge in [0.2, 0.25) is 5.91 Å². The SMILES string of the molecule is COc1ccccc1-c1ccc(C(C)NC(=O)CCC2CCNCC2)cc1.Cl. The molecule has 1 amide bonds. The Kier molecular flexibility index (Phi) is 8.81. The second-order valence-corrected chi connectivity index (χ2v) is 7.34. The van der Waals surface area contributed by atoms with E-state index in [1.807, 2.05) is 25.1 Å². The van der Waals surface area contributed by atoms with Gasteiger partial charge in [-0.05, 0) is 62.4 Å². The Labute approximate surface area is 174 Å². The van der Waals surface area contributed by atoms with Gasteiger partial charge >= 0.3 is 0 Å². The minimum atomic E-state index is 0. The van der Waals surface area contributed by atoms with Gasteiger partial charge in [-0.2, -0.15) is 0 Å². The highest BCUT2D eigenvalue weighted by molar-refractivity contribution is 5.85. The Morgan fingerprint density at radius 3 is 2.50 bits per heavy atom. The number of halogens is 1. The number of hydrogen-bond donors (Lipinski definition) is 2. The summed E-state index contributed by atoms with van der Waals surface area (Å²) in [5, 5.41) is 6.51. The van der Waals surface area contributed by atoms with Crippen molar-refractivity contribution in [3.8, 4) is 16.9 Å². The predicted molar refractivity (Wildman–Crippen MR) is 117 cm³/mol. The zero-order valence-corrected chi connectivity index (χ0v) is 17.6. The third-order valence-electron chi connectivity index (χ3n) is 5.44. The van der Waals surface area contributed by atoms with Crippen LogP contribution < -0.4 is 15.4 Å². The van der Waals surface area contributed by atoms with Crippen LogP contribution in [-0.2, 0) is 4.79 Å². The molecule has 0 saturated carbocycles. The second kappa shape index (κ2) is 11.1. The molecule has 0 bridgehead atoms. The molecule has 5 heteroatoms. The van der Waals surface area contributed by atoms with E-state index >= 15 is 0 Å². The van der Waals surface area contributed by atoms with E-state index in [0.29, 0.717) is 12.3 Å². The van der Waals surface area contributed by atoms with Crippen LogP contribution in [-0.4, -0.2) is 26.1 Å². The first-order chi connectivity index (χ1) is 13.2. The molecule has 1 saturated heterocycles. The molecule has 1 aliphatic heterocycles. The first-order valence-electron chi connectivity index (χ1n) is 9.91. The number of ether oxygens (including phenoxy) is 1.